The first-order valence-electron chi connectivity index (χ1n) is 15.9. The normalized spacial score (nSPS) is 12.6. The van der Waals surface area contributed by atoms with Gasteiger partial charge in [0.15, 0.2) is 0 Å². The Balaban J connectivity index is 2.12. The first-order valence-corrected chi connectivity index (χ1v) is 20.3. The monoisotopic (exact) mass is 592 g/mol. The molecular weight excluding hydrogens is 541 g/mol. The Morgan fingerprint density at radius 3 is 0.833 bits per heavy atom. The second kappa shape index (κ2) is 13.2. The van der Waals surface area contributed by atoms with Crippen LogP contribution < -0.4 is 10.4 Å². The Bertz CT molecular complexity index is 1290. The van der Waals surface area contributed by atoms with Gasteiger partial charge in [0.1, 0.15) is 0 Å². The molecule has 0 atom stereocenters. The van der Waals surface area contributed by atoms with Gasteiger partial charge in [-0.15, -0.1) is 0 Å². The molecule has 0 unspecified atom stereocenters. The van der Waals surface area contributed by atoms with Crippen LogP contribution in [0.25, 0.3) is 31.9 Å². The first kappa shape index (κ1) is 33.6. The van der Waals surface area contributed by atoms with Gasteiger partial charge in [-0.2, -0.15) is 0 Å². The zero-order valence-electron chi connectivity index (χ0n) is 28.1. The van der Waals surface area contributed by atoms with Gasteiger partial charge in [-0.05, 0) is 55.5 Å². The molecule has 222 valence electrons. The van der Waals surface area contributed by atoms with Crippen molar-refractivity contribution in [3.63, 3.8) is 0 Å². The van der Waals surface area contributed by atoms with Gasteiger partial charge in [-0.25, -0.2) is 9.69 Å². The van der Waals surface area contributed by atoms with Crippen molar-refractivity contribution < 1.29 is 0 Å². The maximum absolute atomic E-state index is 8.10. The molecule has 4 heteroatoms. The summed E-state index contributed by atoms with van der Waals surface area (Å²) >= 11 is 0. The van der Waals surface area contributed by atoms with E-state index in [4.69, 9.17) is 13.1 Å². The molecule has 2 nitrogen and oxygen atoms in total. The quantitative estimate of drug-likeness (QED) is 0.163. The van der Waals surface area contributed by atoms with E-state index >= 15 is 0 Å². The molecule has 0 spiro atoms. The molecule has 42 heavy (non-hydrogen) atoms. The maximum atomic E-state index is 8.10. The van der Waals surface area contributed by atoms with Crippen molar-refractivity contribution in [2.24, 2.45) is 0 Å². The van der Waals surface area contributed by atoms with Crippen molar-refractivity contribution >= 4 is 37.9 Å². The third-order valence-electron chi connectivity index (χ3n) is 10.5. The van der Waals surface area contributed by atoms with Crippen molar-refractivity contribution in [1.29, 1.82) is 0 Å². The van der Waals surface area contributed by atoms with Crippen LogP contribution >= 0.6 is 0 Å². The summed E-state index contributed by atoms with van der Waals surface area (Å²) in [5, 5.41) is 2.98. The van der Waals surface area contributed by atoms with Crippen LogP contribution in [0.1, 0.15) is 83.1 Å². The topological polar surface area (TPSA) is 8.72 Å². The molecule has 0 fully saturated rings. The lowest BCUT2D eigenvalue weighted by Crippen LogP contribution is -2.55. The van der Waals surface area contributed by atoms with Gasteiger partial charge in [0.2, 0.25) is 11.4 Å². The largest absolute Gasteiger partial charge is 0.249 e. The summed E-state index contributed by atoms with van der Waals surface area (Å²) in [7, 11) is -3.53. The molecule has 0 aliphatic carbocycles. The van der Waals surface area contributed by atoms with Crippen LogP contribution in [-0.2, 0) is 0 Å². The molecule has 0 saturated carbocycles. The van der Waals surface area contributed by atoms with E-state index in [2.05, 4.69) is 141 Å². The highest BCUT2D eigenvalue weighted by molar-refractivity contribution is 6.95. The number of nitrogens with zero attached hydrogens (tertiary/aromatic N) is 2. The van der Waals surface area contributed by atoms with Crippen LogP contribution in [0.2, 0.25) is 33.2 Å². The summed E-state index contributed by atoms with van der Waals surface area (Å²) in [6, 6.07) is 22.1. The van der Waals surface area contributed by atoms with Crippen LogP contribution in [0.4, 0.5) is 11.4 Å². The van der Waals surface area contributed by atoms with Crippen molar-refractivity contribution in [2.75, 3.05) is 0 Å². The molecule has 3 aromatic rings. The van der Waals surface area contributed by atoms with Gasteiger partial charge in [0.25, 0.3) is 0 Å². The van der Waals surface area contributed by atoms with Gasteiger partial charge in [-0.3, -0.25) is 0 Å². The van der Waals surface area contributed by atoms with Crippen molar-refractivity contribution in [3.8, 4) is 22.3 Å². The summed E-state index contributed by atoms with van der Waals surface area (Å²) in [5.74, 6) is 0. The summed E-state index contributed by atoms with van der Waals surface area (Å²) in [6.07, 6.45) is 0. The first-order chi connectivity index (χ1) is 19.7. The Morgan fingerprint density at radius 2 is 0.643 bits per heavy atom. The number of hydrogen-bond acceptors (Lipinski definition) is 0. The Labute approximate surface area is 259 Å². The van der Waals surface area contributed by atoms with Crippen molar-refractivity contribution in [3.05, 3.63) is 83.5 Å². The third kappa shape index (κ3) is 5.45. The molecule has 0 bridgehead atoms. The molecule has 0 N–H and O–H groups in total. The van der Waals surface area contributed by atoms with Crippen LogP contribution in [0.3, 0.4) is 0 Å². The average molecular weight is 593 g/mol. The minimum Gasteiger partial charge on any atom is -0.249 e. The minimum absolute atomic E-state index is 0.453. The number of rotatable bonds is 10. The highest BCUT2D eigenvalue weighted by Crippen LogP contribution is 2.47. The minimum atomic E-state index is -1.77. The SMILES string of the molecule is [C-]#[N+]c1c(-c2ccc([Si](C(C)C)(C(C)C)C(C)C)cc2)ccc(-c2ccc([Si](C(C)C)(C(C)C)C(C)C)cc2)c1[N+]#[C-]. The second-order valence-electron chi connectivity index (χ2n) is 14.0. The Hall–Kier alpha value is -2.93. The smallest absolute Gasteiger partial charge is 0.202 e. The molecule has 0 heterocycles. The molecule has 0 aromatic heterocycles. The predicted octanol–water partition coefficient (Wildman–Crippen LogP) is 11.9. The second-order valence-corrected chi connectivity index (χ2v) is 25.8. The van der Waals surface area contributed by atoms with Crippen LogP contribution in [-0.4, -0.2) is 16.1 Å². The lowest BCUT2D eigenvalue weighted by molar-refractivity contribution is 0.835. The molecule has 0 amide bonds. The van der Waals surface area contributed by atoms with Crippen molar-refractivity contribution in [2.45, 2.75) is 116 Å². The lowest BCUT2D eigenvalue weighted by atomic mass is 9.96. The fraction of sp³-hybridized carbons (Fsp3) is 0.474. The molecular formula is C38H52N2Si2. The summed E-state index contributed by atoms with van der Waals surface area (Å²) in [5.41, 5.74) is 8.43. The molecule has 0 aliphatic rings. The predicted molar refractivity (Wildman–Crippen MR) is 191 cm³/mol. The van der Waals surface area contributed by atoms with E-state index in [-0.39, 0.29) is 0 Å². The standard InChI is InChI=1S/C38H52N2Si2/c1-25(2)41(26(3)4,27(5)6)33-19-15-31(16-20-33)35-23-24-36(38(40-14)37(35)39-13)32-17-21-34(22-18-32)42(28(7)8,29(9)10)30(11)12/h15-30H,1-12H3. The van der Waals surface area contributed by atoms with Gasteiger partial charge in [0, 0.05) is 0 Å². The highest BCUT2D eigenvalue weighted by atomic mass is 28.3. The zero-order chi connectivity index (χ0) is 31.6. The van der Waals surface area contributed by atoms with Crippen LogP contribution in [0, 0.1) is 13.1 Å². The van der Waals surface area contributed by atoms with Gasteiger partial charge >= 0.3 is 0 Å². The maximum Gasteiger partial charge on any atom is 0.202 e. The molecule has 3 aromatic carbocycles. The molecule has 3 rings (SSSR count). The van der Waals surface area contributed by atoms with Crippen LogP contribution in [0.5, 0.6) is 0 Å². The number of hydrogen-bond donors (Lipinski definition) is 0. The molecule has 0 aliphatic heterocycles. The van der Waals surface area contributed by atoms with E-state index in [1.807, 2.05) is 12.1 Å². The van der Waals surface area contributed by atoms with E-state index in [1.54, 1.807) is 0 Å². The molecule has 0 saturated heterocycles. The van der Waals surface area contributed by atoms with E-state index in [1.165, 1.54) is 10.4 Å². The van der Waals surface area contributed by atoms with Crippen LogP contribution in [0.15, 0.2) is 60.7 Å². The summed E-state index contributed by atoms with van der Waals surface area (Å²) in [4.78, 5) is 7.88. The van der Waals surface area contributed by atoms with E-state index in [0.717, 1.165) is 22.3 Å². The third-order valence-corrected chi connectivity index (χ3v) is 24.6. The lowest BCUT2D eigenvalue weighted by Gasteiger charge is -2.43. The summed E-state index contributed by atoms with van der Waals surface area (Å²) in [6.45, 7) is 44.9. The summed E-state index contributed by atoms with van der Waals surface area (Å²) < 4.78 is 0. The van der Waals surface area contributed by atoms with Gasteiger partial charge < -0.3 is 0 Å². The molecule has 0 radical (unpaired) electrons. The van der Waals surface area contributed by atoms with E-state index < -0.39 is 16.1 Å². The van der Waals surface area contributed by atoms with E-state index in [0.29, 0.717) is 44.6 Å². The number of benzene rings is 3. The van der Waals surface area contributed by atoms with Gasteiger partial charge in [0.05, 0.1) is 29.3 Å². The Morgan fingerprint density at radius 1 is 0.405 bits per heavy atom. The zero-order valence-corrected chi connectivity index (χ0v) is 30.1. The average Bonchev–Trinajstić information content (AvgIpc) is 2.92. The Kier molecular flexibility index (Phi) is 10.5. The highest BCUT2D eigenvalue weighted by Gasteiger charge is 2.45. The van der Waals surface area contributed by atoms with Gasteiger partial charge in [-0.1, -0.05) is 154 Å². The van der Waals surface area contributed by atoms with Crippen molar-refractivity contribution in [1.82, 2.24) is 0 Å². The van der Waals surface area contributed by atoms with E-state index in [9.17, 15) is 0 Å². The fourth-order valence-electron chi connectivity index (χ4n) is 9.15. The fourth-order valence-corrected chi connectivity index (χ4v) is 22.6.